The smallest absolute Gasteiger partial charge is 0.242 e. The van der Waals surface area contributed by atoms with Crippen LogP contribution in [0.1, 0.15) is 29.1 Å². The number of hydrogen-bond donors (Lipinski definition) is 1. The molecule has 0 bridgehead atoms. The molecule has 8 heteroatoms. The van der Waals surface area contributed by atoms with E-state index in [1.54, 1.807) is 11.3 Å². The number of likely N-dealkylation sites (tertiary alicyclic amines) is 1. The third kappa shape index (κ3) is 3.17. The quantitative estimate of drug-likeness (QED) is 0.874. The van der Waals surface area contributed by atoms with Gasteiger partial charge in [-0.25, -0.2) is 9.97 Å². The number of rotatable bonds is 4. The summed E-state index contributed by atoms with van der Waals surface area (Å²) in [6, 6.07) is -0.485. The molecule has 2 saturated heterocycles. The van der Waals surface area contributed by atoms with Gasteiger partial charge in [-0.1, -0.05) is 0 Å². The fourth-order valence-corrected chi connectivity index (χ4v) is 4.83. The topological polar surface area (TPSA) is 84.6 Å². The van der Waals surface area contributed by atoms with Crippen LogP contribution in [0, 0.1) is 13.8 Å². The second-order valence-corrected chi connectivity index (χ2v) is 8.30. The fourth-order valence-electron chi connectivity index (χ4n) is 3.78. The molecular formula is C18H25N5O2S. The van der Waals surface area contributed by atoms with Gasteiger partial charge in [0, 0.05) is 11.4 Å². The summed E-state index contributed by atoms with van der Waals surface area (Å²) in [4.78, 5) is 28.4. The van der Waals surface area contributed by atoms with Gasteiger partial charge in [-0.2, -0.15) is 0 Å². The minimum Gasteiger partial charge on any atom is -0.377 e. The second kappa shape index (κ2) is 7.09. The van der Waals surface area contributed by atoms with Crippen molar-refractivity contribution < 1.29 is 9.53 Å². The van der Waals surface area contributed by atoms with Crippen molar-refractivity contribution in [1.82, 2.24) is 14.9 Å². The maximum absolute atomic E-state index is 12.0. The molecule has 2 aromatic heterocycles. The molecule has 0 radical (unpaired) electrons. The van der Waals surface area contributed by atoms with Gasteiger partial charge in [0.2, 0.25) is 5.91 Å². The third-order valence-corrected chi connectivity index (χ3v) is 6.45. The molecule has 1 unspecified atom stereocenters. The van der Waals surface area contributed by atoms with Crippen LogP contribution in [0.15, 0.2) is 0 Å². The Kier molecular flexibility index (Phi) is 4.81. The number of nitrogens with zero attached hydrogens (tertiary/aromatic N) is 4. The summed E-state index contributed by atoms with van der Waals surface area (Å²) in [6.45, 7) is 8.64. The summed E-state index contributed by atoms with van der Waals surface area (Å²) in [6.07, 6.45) is 2.47. The highest BCUT2D eigenvalue weighted by atomic mass is 32.1. The van der Waals surface area contributed by atoms with Crippen LogP contribution in [0.2, 0.25) is 0 Å². The summed E-state index contributed by atoms with van der Waals surface area (Å²) in [5.41, 5.74) is 6.83. The van der Waals surface area contributed by atoms with Crippen LogP contribution in [-0.2, 0) is 16.1 Å². The zero-order valence-electron chi connectivity index (χ0n) is 15.3. The van der Waals surface area contributed by atoms with E-state index in [2.05, 4.69) is 18.7 Å². The minimum absolute atomic E-state index is 0.310. The maximum Gasteiger partial charge on any atom is 0.242 e. The Balaban J connectivity index is 1.80. The average molecular weight is 375 g/mol. The van der Waals surface area contributed by atoms with Crippen molar-refractivity contribution in [1.29, 1.82) is 0 Å². The first-order chi connectivity index (χ1) is 12.5. The number of aryl methyl sites for hydroxylation is 2. The summed E-state index contributed by atoms with van der Waals surface area (Å²) >= 11 is 1.69. The molecule has 7 nitrogen and oxygen atoms in total. The second-order valence-electron chi connectivity index (χ2n) is 7.10. The van der Waals surface area contributed by atoms with Crippen molar-refractivity contribution in [3.63, 3.8) is 0 Å². The van der Waals surface area contributed by atoms with E-state index in [4.69, 9.17) is 20.4 Å². The Labute approximate surface area is 157 Å². The molecule has 2 N–H and O–H groups in total. The predicted octanol–water partition coefficient (Wildman–Crippen LogP) is 1.59. The Morgan fingerprint density at radius 1 is 1.27 bits per heavy atom. The highest BCUT2D eigenvalue weighted by Gasteiger charge is 2.31. The van der Waals surface area contributed by atoms with Crippen molar-refractivity contribution in [2.45, 2.75) is 39.3 Å². The lowest BCUT2D eigenvalue weighted by molar-refractivity contribution is -0.121. The van der Waals surface area contributed by atoms with E-state index in [-0.39, 0.29) is 5.91 Å². The fraction of sp³-hybridized carbons (Fsp3) is 0.611. The highest BCUT2D eigenvalue weighted by Crippen LogP contribution is 2.36. The number of thiophene rings is 1. The number of fused-ring (bicyclic) bond motifs is 1. The van der Waals surface area contributed by atoms with E-state index in [0.717, 1.165) is 41.5 Å². The molecule has 1 amide bonds. The van der Waals surface area contributed by atoms with Gasteiger partial charge < -0.3 is 15.4 Å². The SMILES string of the molecule is Cc1sc2nc(CN3CCCC3)nc(N3CCOCC3C(N)=O)c2c1C. The number of ether oxygens (including phenoxy) is 1. The Morgan fingerprint density at radius 3 is 2.77 bits per heavy atom. The number of amides is 1. The van der Waals surface area contributed by atoms with Gasteiger partial charge in [0.05, 0.1) is 25.1 Å². The molecule has 2 fully saturated rings. The first-order valence-electron chi connectivity index (χ1n) is 9.17. The molecule has 0 aliphatic carbocycles. The Bertz CT molecular complexity index is 831. The normalized spacial score (nSPS) is 21.6. The predicted molar refractivity (Wildman–Crippen MR) is 103 cm³/mol. The van der Waals surface area contributed by atoms with Crippen molar-refractivity contribution in [3.8, 4) is 0 Å². The van der Waals surface area contributed by atoms with Crippen molar-refractivity contribution >= 4 is 33.3 Å². The van der Waals surface area contributed by atoms with Gasteiger partial charge in [-0.3, -0.25) is 9.69 Å². The van der Waals surface area contributed by atoms with Crippen molar-refractivity contribution in [2.24, 2.45) is 5.73 Å². The Hall–Kier alpha value is -1.77. The number of carbonyl (C=O) groups is 1. The molecule has 1 atom stereocenters. The number of primary amides is 1. The van der Waals surface area contributed by atoms with Crippen LogP contribution in [0.4, 0.5) is 5.82 Å². The van der Waals surface area contributed by atoms with Crippen LogP contribution in [0.3, 0.4) is 0 Å². The minimum atomic E-state index is -0.485. The largest absolute Gasteiger partial charge is 0.377 e. The summed E-state index contributed by atoms with van der Waals surface area (Å²) in [5.74, 6) is 1.28. The number of aromatic nitrogens is 2. The molecule has 4 rings (SSSR count). The molecule has 2 aliphatic rings. The monoisotopic (exact) mass is 375 g/mol. The number of morpholine rings is 1. The lowest BCUT2D eigenvalue weighted by Gasteiger charge is -2.35. The van der Waals surface area contributed by atoms with Gasteiger partial charge >= 0.3 is 0 Å². The highest BCUT2D eigenvalue weighted by molar-refractivity contribution is 7.18. The molecule has 0 aromatic carbocycles. The van der Waals surface area contributed by atoms with Crippen LogP contribution in [-0.4, -0.2) is 59.7 Å². The molecule has 26 heavy (non-hydrogen) atoms. The molecule has 4 heterocycles. The first-order valence-corrected chi connectivity index (χ1v) is 9.99. The van der Waals surface area contributed by atoms with Crippen LogP contribution < -0.4 is 10.6 Å². The number of carbonyl (C=O) groups excluding carboxylic acids is 1. The van der Waals surface area contributed by atoms with Gasteiger partial charge in [-0.05, 0) is 45.3 Å². The van der Waals surface area contributed by atoms with E-state index >= 15 is 0 Å². The van der Waals surface area contributed by atoms with Gasteiger partial charge in [-0.15, -0.1) is 11.3 Å². The zero-order valence-corrected chi connectivity index (χ0v) is 16.1. The molecular weight excluding hydrogens is 350 g/mol. The number of hydrogen-bond acceptors (Lipinski definition) is 7. The van der Waals surface area contributed by atoms with Crippen molar-refractivity contribution in [3.05, 3.63) is 16.3 Å². The molecule has 0 spiro atoms. The molecule has 140 valence electrons. The Morgan fingerprint density at radius 2 is 2.04 bits per heavy atom. The van der Waals surface area contributed by atoms with E-state index < -0.39 is 6.04 Å². The van der Waals surface area contributed by atoms with E-state index in [1.165, 1.54) is 23.3 Å². The summed E-state index contributed by atoms with van der Waals surface area (Å²) in [7, 11) is 0. The molecule has 2 aromatic rings. The number of anilines is 1. The van der Waals surface area contributed by atoms with Gasteiger partial charge in [0.15, 0.2) is 0 Å². The lowest BCUT2D eigenvalue weighted by atomic mass is 10.1. The number of nitrogens with two attached hydrogens (primary N) is 1. The summed E-state index contributed by atoms with van der Waals surface area (Å²) in [5, 5.41) is 1.05. The zero-order chi connectivity index (χ0) is 18.3. The van der Waals surface area contributed by atoms with Crippen LogP contribution in [0.5, 0.6) is 0 Å². The standard InChI is InChI=1S/C18H25N5O2S/c1-11-12(2)26-18-15(11)17(23-7-8-25-10-13(23)16(19)24)20-14(21-18)9-22-5-3-4-6-22/h13H,3-10H2,1-2H3,(H2,19,24). The van der Waals surface area contributed by atoms with Crippen LogP contribution >= 0.6 is 11.3 Å². The maximum atomic E-state index is 12.0. The molecule has 0 saturated carbocycles. The van der Waals surface area contributed by atoms with Crippen LogP contribution in [0.25, 0.3) is 10.2 Å². The van der Waals surface area contributed by atoms with E-state index in [9.17, 15) is 4.79 Å². The van der Waals surface area contributed by atoms with Gasteiger partial charge in [0.25, 0.3) is 0 Å². The van der Waals surface area contributed by atoms with E-state index in [0.29, 0.717) is 19.8 Å². The average Bonchev–Trinajstić information content (AvgIpc) is 3.23. The van der Waals surface area contributed by atoms with E-state index in [1.807, 2.05) is 4.90 Å². The van der Waals surface area contributed by atoms with Gasteiger partial charge in [0.1, 0.15) is 22.5 Å². The summed E-state index contributed by atoms with van der Waals surface area (Å²) < 4.78 is 5.49. The first kappa shape index (κ1) is 17.6. The third-order valence-electron chi connectivity index (χ3n) is 5.35. The van der Waals surface area contributed by atoms with Crippen molar-refractivity contribution in [2.75, 3.05) is 37.7 Å². The molecule has 2 aliphatic heterocycles. The lowest BCUT2D eigenvalue weighted by Crippen LogP contribution is -2.53.